The summed E-state index contributed by atoms with van der Waals surface area (Å²) in [7, 11) is 0. The second-order valence-corrected chi connectivity index (χ2v) is 7.05. The molecule has 0 radical (unpaired) electrons. The van der Waals surface area contributed by atoms with Crippen LogP contribution in [0.1, 0.15) is 24.9 Å². The van der Waals surface area contributed by atoms with E-state index in [0.29, 0.717) is 5.69 Å². The van der Waals surface area contributed by atoms with Gasteiger partial charge in [0.05, 0.1) is 12.0 Å². The highest BCUT2D eigenvalue weighted by molar-refractivity contribution is 5.98. The standard InChI is InChI=1S/C21H20F3N3O3/c1-13(14-5-3-2-4-6-14)27-12-15(11-18(27)28)19(29)25-16-7-9-17(10-8-16)26-20(30)21(22,23)24/h2-10,13,15H,11-12H2,1H3,(H,25,29)(H,26,30). The minimum Gasteiger partial charge on any atom is -0.335 e. The first kappa shape index (κ1) is 21.4. The summed E-state index contributed by atoms with van der Waals surface area (Å²) in [6, 6.07) is 14.6. The van der Waals surface area contributed by atoms with E-state index in [9.17, 15) is 27.6 Å². The molecule has 30 heavy (non-hydrogen) atoms. The quantitative estimate of drug-likeness (QED) is 0.775. The molecule has 2 N–H and O–H groups in total. The Morgan fingerprint density at radius 1 is 1.00 bits per heavy atom. The normalized spacial score (nSPS) is 17.5. The summed E-state index contributed by atoms with van der Waals surface area (Å²) >= 11 is 0. The summed E-state index contributed by atoms with van der Waals surface area (Å²) in [4.78, 5) is 37.6. The largest absolute Gasteiger partial charge is 0.471 e. The Kier molecular flexibility index (Phi) is 6.09. The topological polar surface area (TPSA) is 78.5 Å². The van der Waals surface area contributed by atoms with Crippen LogP contribution in [-0.4, -0.2) is 35.3 Å². The van der Waals surface area contributed by atoms with Crippen LogP contribution in [0.3, 0.4) is 0 Å². The molecular weight excluding hydrogens is 399 g/mol. The molecule has 0 aromatic heterocycles. The van der Waals surface area contributed by atoms with Gasteiger partial charge in [-0.15, -0.1) is 0 Å². The van der Waals surface area contributed by atoms with Gasteiger partial charge in [-0.2, -0.15) is 13.2 Å². The van der Waals surface area contributed by atoms with Crippen LogP contribution in [0.25, 0.3) is 0 Å². The Morgan fingerprint density at radius 2 is 1.57 bits per heavy atom. The monoisotopic (exact) mass is 419 g/mol. The van der Waals surface area contributed by atoms with Crippen molar-refractivity contribution in [3.63, 3.8) is 0 Å². The number of nitrogens with one attached hydrogen (secondary N) is 2. The summed E-state index contributed by atoms with van der Waals surface area (Å²) < 4.78 is 36.9. The lowest BCUT2D eigenvalue weighted by Crippen LogP contribution is -2.30. The van der Waals surface area contributed by atoms with Crippen LogP contribution < -0.4 is 10.6 Å². The van der Waals surface area contributed by atoms with Crippen LogP contribution in [0, 0.1) is 5.92 Å². The molecule has 1 aliphatic rings. The number of anilines is 2. The number of halogens is 3. The molecule has 0 saturated carbocycles. The zero-order chi connectivity index (χ0) is 21.9. The van der Waals surface area contributed by atoms with E-state index in [1.165, 1.54) is 24.3 Å². The molecule has 0 aliphatic carbocycles. The molecule has 1 saturated heterocycles. The number of carbonyl (C=O) groups excluding carboxylic acids is 3. The van der Waals surface area contributed by atoms with Gasteiger partial charge in [0, 0.05) is 24.3 Å². The molecule has 1 aliphatic heterocycles. The molecule has 9 heteroatoms. The van der Waals surface area contributed by atoms with Crippen LogP contribution in [0.4, 0.5) is 24.5 Å². The Morgan fingerprint density at radius 3 is 2.13 bits per heavy atom. The van der Waals surface area contributed by atoms with Gasteiger partial charge in [-0.05, 0) is 36.8 Å². The highest BCUT2D eigenvalue weighted by Gasteiger charge is 2.39. The fraction of sp³-hybridized carbons (Fsp3) is 0.286. The number of carbonyl (C=O) groups is 3. The van der Waals surface area contributed by atoms with E-state index in [1.54, 1.807) is 10.2 Å². The molecule has 0 spiro atoms. The lowest BCUT2D eigenvalue weighted by molar-refractivity contribution is -0.167. The van der Waals surface area contributed by atoms with Crippen molar-refractivity contribution in [3.05, 3.63) is 60.2 Å². The van der Waals surface area contributed by atoms with Gasteiger partial charge in [-0.25, -0.2) is 0 Å². The maximum absolute atomic E-state index is 12.6. The van der Waals surface area contributed by atoms with Crippen molar-refractivity contribution in [1.82, 2.24) is 4.90 Å². The average Bonchev–Trinajstić information content (AvgIpc) is 3.10. The van der Waals surface area contributed by atoms with E-state index in [4.69, 9.17) is 0 Å². The highest BCUT2D eigenvalue weighted by atomic mass is 19.4. The minimum absolute atomic E-state index is 0.0470. The van der Waals surface area contributed by atoms with Gasteiger partial charge in [0.15, 0.2) is 0 Å². The maximum atomic E-state index is 12.6. The molecular formula is C21H20F3N3O3. The van der Waals surface area contributed by atoms with Crippen molar-refractivity contribution in [2.45, 2.75) is 25.6 Å². The lowest BCUT2D eigenvalue weighted by atomic mass is 10.1. The fourth-order valence-electron chi connectivity index (χ4n) is 3.28. The number of amides is 3. The Hall–Kier alpha value is -3.36. The van der Waals surface area contributed by atoms with E-state index < -0.39 is 18.0 Å². The van der Waals surface area contributed by atoms with Gasteiger partial charge in [0.25, 0.3) is 0 Å². The third-order valence-corrected chi connectivity index (χ3v) is 4.95. The van der Waals surface area contributed by atoms with Crippen LogP contribution in [0.2, 0.25) is 0 Å². The smallest absolute Gasteiger partial charge is 0.335 e. The highest BCUT2D eigenvalue weighted by Crippen LogP contribution is 2.29. The lowest BCUT2D eigenvalue weighted by Gasteiger charge is -2.25. The summed E-state index contributed by atoms with van der Waals surface area (Å²) in [5, 5.41) is 4.39. The summed E-state index contributed by atoms with van der Waals surface area (Å²) in [5.41, 5.74) is 1.28. The second-order valence-electron chi connectivity index (χ2n) is 7.05. The van der Waals surface area contributed by atoms with Crippen molar-refractivity contribution in [2.24, 2.45) is 5.92 Å². The molecule has 1 fully saturated rings. The Bertz CT molecular complexity index is 930. The number of hydrogen-bond donors (Lipinski definition) is 2. The van der Waals surface area contributed by atoms with Crippen LogP contribution in [0.5, 0.6) is 0 Å². The minimum atomic E-state index is -4.98. The number of benzene rings is 2. The first-order chi connectivity index (χ1) is 14.1. The third kappa shape index (κ3) is 4.97. The molecule has 2 atom stereocenters. The first-order valence-electron chi connectivity index (χ1n) is 9.28. The molecule has 2 unspecified atom stereocenters. The molecule has 158 valence electrons. The van der Waals surface area contributed by atoms with Gasteiger partial charge in [-0.1, -0.05) is 30.3 Å². The van der Waals surface area contributed by atoms with Crippen LogP contribution >= 0.6 is 0 Å². The molecule has 2 aromatic rings. The van der Waals surface area contributed by atoms with Gasteiger partial charge in [0.1, 0.15) is 0 Å². The molecule has 3 amide bonds. The first-order valence-corrected chi connectivity index (χ1v) is 9.28. The van der Waals surface area contributed by atoms with E-state index >= 15 is 0 Å². The van der Waals surface area contributed by atoms with Gasteiger partial charge >= 0.3 is 12.1 Å². The predicted molar refractivity (Wildman–Crippen MR) is 104 cm³/mol. The number of nitrogens with zero attached hydrogens (tertiary/aromatic N) is 1. The zero-order valence-electron chi connectivity index (χ0n) is 16.1. The van der Waals surface area contributed by atoms with Crippen molar-refractivity contribution < 1.29 is 27.6 Å². The SMILES string of the molecule is CC(c1ccccc1)N1CC(C(=O)Nc2ccc(NC(=O)C(F)(F)F)cc2)CC1=O. The van der Waals surface area contributed by atoms with Gasteiger partial charge < -0.3 is 15.5 Å². The van der Waals surface area contributed by atoms with Crippen molar-refractivity contribution in [3.8, 4) is 0 Å². The Labute approximate surface area is 171 Å². The third-order valence-electron chi connectivity index (χ3n) is 4.95. The summed E-state index contributed by atoms with van der Waals surface area (Å²) in [5.74, 6) is -3.07. The van der Waals surface area contributed by atoms with Crippen molar-refractivity contribution in [2.75, 3.05) is 17.2 Å². The maximum Gasteiger partial charge on any atom is 0.471 e. The van der Waals surface area contributed by atoms with Crippen LogP contribution in [-0.2, 0) is 14.4 Å². The zero-order valence-corrected chi connectivity index (χ0v) is 16.1. The number of hydrogen-bond acceptors (Lipinski definition) is 3. The van der Waals surface area contributed by atoms with E-state index in [0.717, 1.165) is 5.56 Å². The molecule has 1 heterocycles. The van der Waals surface area contributed by atoms with Gasteiger partial charge in [-0.3, -0.25) is 14.4 Å². The van der Waals surface area contributed by atoms with E-state index in [2.05, 4.69) is 5.32 Å². The molecule has 0 bridgehead atoms. The van der Waals surface area contributed by atoms with Crippen molar-refractivity contribution in [1.29, 1.82) is 0 Å². The Balaban J connectivity index is 1.59. The number of rotatable bonds is 5. The van der Waals surface area contributed by atoms with Gasteiger partial charge in [0.2, 0.25) is 11.8 Å². The molecule has 3 rings (SSSR count). The number of likely N-dealkylation sites (tertiary alicyclic amines) is 1. The fourth-order valence-corrected chi connectivity index (χ4v) is 3.28. The molecule has 2 aromatic carbocycles. The van der Waals surface area contributed by atoms with E-state index in [-0.39, 0.29) is 36.5 Å². The van der Waals surface area contributed by atoms with Crippen molar-refractivity contribution >= 4 is 29.1 Å². The van der Waals surface area contributed by atoms with Crippen LogP contribution in [0.15, 0.2) is 54.6 Å². The summed E-state index contributed by atoms with van der Waals surface area (Å²) in [6.45, 7) is 2.18. The number of alkyl halides is 3. The second kappa shape index (κ2) is 8.56. The average molecular weight is 419 g/mol. The predicted octanol–water partition coefficient (Wildman–Crippen LogP) is 3.74. The van der Waals surface area contributed by atoms with E-state index in [1.807, 2.05) is 37.3 Å². The summed E-state index contributed by atoms with van der Waals surface area (Å²) in [6.07, 6.45) is -4.90. The molecule has 6 nitrogen and oxygen atoms in total.